The van der Waals surface area contributed by atoms with Crippen molar-refractivity contribution in [3.8, 4) is 10.7 Å². The molecule has 0 spiro atoms. The molecule has 0 saturated carbocycles. The van der Waals surface area contributed by atoms with Crippen LogP contribution in [0.1, 0.15) is 18.1 Å². The quantitative estimate of drug-likeness (QED) is 0.438. The highest BCUT2D eigenvalue weighted by Gasteiger charge is 2.19. The molecule has 0 aliphatic heterocycles. The molecule has 0 fully saturated rings. The van der Waals surface area contributed by atoms with Crippen LogP contribution in [0.3, 0.4) is 0 Å². The highest BCUT2D eigenvalue weighted by Crippen LogP contribution is 2.37. The van der Waals surface area contributed by atoms with Gasteiger partial charge in [-0.3, -0.25) is 0 Å². The van der Waals surface area contributed by atoms with E-state index in [1.54, 1.807) is 23.1 Å². The summed E-state index contributed by atoms with van der Waals surface area (Å²) < 4.78 is 2.06. The van der Waals surface area contributed by atoms with Gasteiger partial charge in [0.1, 0.15) is 0 Å². The molecule has 0 N–H and O–H groups in total. The molecule has 0 unspecified atom stereocenters. The minimum absolute atomic E-state index is 0.633. The van der Waals surface area contributed by atoms with Gasteiger partial charge in [-0.05, 0) is 42.5 Å². The number of hydrogen-bond acceptors (Lipinski definition) is 4. The lowest BCUT2D eigenvalue weighted by Crippen LogP contribution is -1.99. The normalized spacial score (nSPS) is 11.2. The number of benzene rings is 1. The molecule has 0 aliphatic carbocycles. The van der Waals surface area contributed by atoms with Crippen LogP contribution in [0, 0.1) is 6.92 Å². The number of hydrogen-bond donors (Lipinski definition) is 0. The lowest BCUT2D eigenvalue weighted by atomic mass is 10.2. The van der Waals surface area contributed by atoms with E-state index in [4.69, 9.17) is 34.8 Å². The van der Waals surface area contributed by atoms with Crippen molar-refractivity contribution in [1.29, 1.82) is 0 Å². The maximum Gasteiger partial charge on any atom is 0.191 e. The van der Waals surface area contributed by atoms with E-state index in [1.165, 1.54) is 0 Å². The molecule has 2 aromatic heterocycles. The van der Waals surface area contributed by atoms with Gasteiger partial charge in [0, 0.05) is 22.3 Å². The Morgan fingerprint density at radius 3 is 2.46 bits per heavy atom. The Labute approximate surface area is 164 Å². The molecule has 0 amide bonds. The highest BCUT2D eigenvalue weighted by molar-refractivity contribution is 7.98. The van der Waals surface area contributed by atoms with Crippen LogP contribution in [-0.2, 0) is 12.3 Å². The zero-order valence-corrected chi connectivity index (χ0v) is 16.9. The minimum atomic E-state index is 0.633. The second kappa shape index (κ2) is 7.67. The van der Waals surface area contributed by atoms with Gasteiger partial charge in [0.25, 0.3) is 0 Å². The molecule has 0 bridgehead atoms. The zero-order chi connectivity index (χ0) is 17.3. The fourth-order valence-electron chi connectivity index (χ4n) is 2.24. The summed E-state index contributed by atoms with van der Waals surface area (Å²) in [5.74, 6) is 1.43. The Morgan fingerprint density at radius 2 is 1.88 bits per heavy atom. The maximum atomic E-state index is 6.38. The van der Waals surface area contributed by atoms with E-state index in [0.717, 1.165) is 38.6 Å². The van der Waals surface area contributed by atoms with Crippen LogP contribution in [0.25, 0.3) is 10.7 Å². The van der Waals surface area contributed by atoms with Crippen LogP contribution < -0.4 is 0 Å². The Morgan fingerprint density at radius 1 is 1.17 bits per heavy atom. The topological polar surface area (TPSA) is 30.7 Å². The number of thiophene rings is 1. The van der Waals surface area contributed by atoms with Crippen molar-refractivity contribution in [3.05, 3.63) is 49.8 Å². The van der Waals surface area contributed by atoms with E-state index in [2.05, 4.69) is 21.7 Å². The first-order chi connectivity index (χ1) is 11.5. The van der Waals surface area contributed by atoms with Crippen molar-refractivity contribution in [2.75, 3.05) is 0 Å². The van der Waals surface area contributed by atoms with E-state index in [9.17, 15) is 0 Å². The van der Waals surface area contributed by atoms with Gasteiger partial charge in [-0.2, -0.15) is 0 Å². The summed E-state index contributed by atoms with van der Waals surface area (Å²) in [5.41, 5.74) is 1.96. The fourth-order valence-corrected chi connectivity index (χ4v) is 5.25. The smallest absolute Gasteiger partial charge is 0.191 e. The van der Waals surface area contributed by atoms with Gasteiger partial charge in [0.05, 0.1) is 9.90 Å². The predicted molar refractivity (Wildman–Crippen MR) is 105 cm³/mol. The number of aryl methyl sites for hydroxylation is 1. The van der Waals surface area contributed by atoms with Gasteiger partial charge >= 0.3 is 0 Å². The predicted octanol–water partition coefficient (Wildman–Crippen LogP) is 6.59. The first kappa shape index (κ1) is 18.1. The Bertz CT molecular complexity index is 853. The minimum Gasteiger partial charge on any atom is -0.302 e. The average molecular weight is 419 g/mol. The zero-order valence-electron chi connectivity index (χ0n) is 13.0. The van der Waals surface area contributed by atoms with Crippen LogP contribution >= 0.6 is 57.9 Å². The van der Waals surface area contributed by atoms with E-state index >= 15 is 0 Å². The number of aromatic nitrogens is 3. The van der Waals surface area contributed by atoms with Crippen molar-refractivity contribution in [3.63, 3.8) is 0 Å². The third kappa shape index (κ3) is 3.46. The number of rotatable bonds is 5. The molecule has 2 heterocycles. The van der Waals surface area contributed by atoms with Crippen molar-refractivity contribution in [1.82, 2.24) is 14.8 Å². The van der Waals surface area contributed by atoms with E-state index < -0.39 is 0 Å². The lowest BCUT2D eigenvalue weighted by Gasteiger charge is -2.08. The van der Waals surface area contributed by atoms with Crippen molar-refractivity contribution >= 4 is 57.9 Å². The Balaban J connectivity index is 1.89. The van der Waals surface area contributed by atoms with Gasteiger partial charge in [-0.15, -0.1) is 21.5 Å². The van der Waals surface area contributed by atoms with Crippen LogP contribution in [0.15, 0.2) is 28.7 Å². The number of halogens is 3. The molecule has 3 aromatic rings. The summed E-state index contributed by atoms with van der Waals surface area (Å²) in [6.45, 7) is 4.81. The SMILES string of the molecule is CCn1c(SCc2c(Cl)cccc2Cl)nnc1-c1scc(C)c1Cl. The van der Waals surface area contributed by atoms with Gasteiger partial charge in [0.15, 0.2) is 11.0 Å². The first-order valence-electron chi connectivity index (χ1n) is 7.25. The third-order valence-electron chi connectivity index (χ3n) is 3.54. The van der Waals surface area contributed by atoms with Crippen molar-refractivity contribution in [2.45, 2.75) is 31.3 Å². The summed E-state index contributed by atoms with van der Waals surface area (Å²) in [6, 6.07) is 5.52. The molecule has 24 heavy (non-hydrogen) atoms. The molecular formula is C16H14Cl3N3S2. The lowest BCUT2D eigenvalue weighted by molar-refractivity contribution is 0.688. The van der Waals surface area contributed by atoms with Gasteiger partial charge in [-0.1, -0.05) is 52.6 Å². The molecule has 0 aliphatic rings. The second-order valence-corrected chi connectivity index (χ2v) is 8.12. The monoisotopic (exact) mass is 417 g/mol. The summed E-state index contributed by atoms with van der Waals surface area (Å²) in [7, 11) is 0. The maximum absolute atomic E-state index is 6.38. The van der Waals surface area contributed by atoms with Gasteiger partial charge in [-0.25, -0.2) is 0 Å². The average Bonchev–Trinajstić information content (AvgIpc) is 3.10. The number of thioether (sulfide) groups is 1. The third-order valence-corrected chi connectivity index (χ3v) is 6.94. The van der Waals surface area contributed by atoms with E-state index in [-0.39, 0.29) is 0 Å². The highest BCUT2D eigenvalue weighted by atomic mass is 35.5. The molecule has 0 atom stereocenters. The first-order valence-corrected chi connectivity index (χ1v) is 10.3. The fraction of sp³-hybridized carbons (Fsp3) is 0.250. The summed E-state index contributed by atoms with van der Waals surface area (Å²) in [6.07, 6.45) is 0. The summed E-state index contributed by atoms with van der Waals surface area (Å²) in [5, 5.41) is 13.6. The summed E-state index contributed by atoms with van der Waals surface area (Å²) >= 11 is 22.0. The van der Waals surface area contributed by atoms with Crippen LogP contribution in [0.5, 0.6) is 0 Å². The molecular weight excluding hydrogens is 405 g/mol. The van der Waals surface area contributed by atoms with Crippen molar-refractivity contribution < 1.29 is 0 Å². The number of nitrogens with zero attached hydrogens (tertiary/aromatic N) is 3. The Kier molecular flexibility index (Phi) is 5.78. The molecule has 8 heteroatoms. The molecule has 0 radical (unpaired) electrons. The Hall–Kier alpha value is -0.720. The van der Waals surface area contributed by atoms with Crippen molar-refractivity contribution in [2.24, 2.45) is 0 Å². The molecule has 1 aromatic carbocycles. The van der Waals surface area contributed by atoms with Crippen LogP contribution in [0.4, 0.5) is 0 Å². The standard InChI is InChI=1S/C16H14Cl3N3S2/c1-3-22-15(14-13(19)9(2)7-23-14)20-21-16(22)24-8-10-11(17)5-4-6-12(10)18/h4-7H,3,8H2,1-2H3. The molecule has 3 nitrogen and oxygen atoms in total. The van der Waals surface area contributed by atoms with Crippen LogP contribution in [-0.4, -0.2) is 14.8 Å². The van der Waals surface area contributed by atoms with E-state index in [0.29, 0.717) is 15.8 Å². The largest absolute Gasteiger partial charge is 0.302 e. The molecule has 0 saturated heterocycles. The van der Waals surface area contributed by atoms with Gasteiger partial charge < -0.3 is 4.57 Å². The van der Waals surface area contributed by atoms with Gasteiger partial charge in [0.2, 0.25) is 0 Å². The second-order valence-electron chi connectivity index (χ2n) is 5.10. The van der Waals surface area contributed by atoms with E-state index in [1.807, 2.05) is 30.5 Å². The molecule has 126 valence electrons. The van der Waals surface area contributed by atoms with Crippen LogP contribution in [0.2, 0.25) is 15.1 Å². The summed E-state index contributed by atoms with van der Waals surface area (Å²) in [4.78, 5) is 0.950. The molecule has 3 rings (SSSR count).